The predicted molar refractivity (Wildman–Crippen MR) is 109 cm³/mol. The van der Waals surface area contributed by atoms with Gasteiger partial charge in [0.1, 0.15) is 12.4 Å². The summed E-state index contributed by atoms with van der Waals surface area (Å²) in [6.07, 6.45) is 1.69. The van der Waals surface area contributed by atoms with Crippen LogP contribution in [0.3, 0.4) is 0 Å². The highest BCUT2D eigenvalue weighted by Crippen LogP contribution is 2.13. The number of aromatic amines is 1. The van der Waals surface area contributed by atoms with Gasteiger partial charge in [0, 0.05) is 17.2 Å². The summed E-state index contributed by atoms with van der Waals surface area (Å²) in [5, 5.41) is 0. The number of imidazole rings is 1. The minimum Gasteiger partial charge on any atom is -0.454 e. The fourth-order valence-electron chi connectivity index (χ4n) is 2.74. The molecule has 0 atom stereocenters. The number of rotatable bonds is 6. The van der Waals surface area contributed by atoms with Crippen LogP contribution in [-0.2, 0) is 24.9 Å². The van der Waals surface area contributed by atoms with Crippen LogP contribution in [0.25, 0.3) is 11.2 Å². The third-order valence-electron chi connectivity index (χ3n) is 4.25. The smallest absolute Gasteiger partial charge is 0.338 e. The van der Waals surface area contributed by atoms with Crippen molar-refractivity contribution in [3.8, 4) is 0 Å². The van der Waals surface area contributed by atoms with Crippen molar-refractivity contribution < 1.29 is 9.53 Å². The Bertz CT molecular complexity index is 1100. The van der Waals surface area contributed by atoms with Gasteiger partial charge in [-0.2, -0.15) is 0 Å². The Kier molecular flexibility index (Phi) is 5.78. The molecular weight excluding hydrogens is 463 g/mol. The molecule has 0 unspecified atom stereocenters. The first-order chi connectivity index (χ1) is 12.9. The number of H-pyrrole nitrogens is 1. The minimum atomic E-state index is -0.507. The third-order valence-corrected chi connectivity index (χ3v) is 4.97. The molecule has 142 valence electrons. The summed E-state index contributed by atoms with van der Waals surface area (Å²) in [6.45, 7) is 2.38. The van der Waals surface area contributed by atoms with E-state index in [4.69, 9.17) is 4.74 Å². The first-order valence-corrected chi connectivity index (χ1v) is 9.61. The van der Waals surface area contributed by atoms with E-state index in [-0.39, 0.29) is 12.1 Å². The molecular formula is C18H19IN4O4. The molecule has 0 aliphatic heterocycles. The van der Waals surface area contributed by atoms with E-state index < -0.39 is 17.2 Å². The molecule has 1 N–H and O–H groups in total. The van der Waals surface area contributed by atoms with E-state index in [1.165, 1.54) is 4.57 Å². The lowest BCUT2D eigenvalue weighted by molar-refractivity contribution is 0.0459. The maximum atomic E-state index is 12.2. The van der Waals surface area contributed by atoms with Crippen molar-refractivity contribution in [2.75, 3.05) is 0 Å². The Labute approximate surface area is 168 Å². The third kappa shape index (κ3) is 3.97. The highest BCUT2D eigenvalue weighted by Gasteiger charge is 2.17. The van der Waals surface area contributed by atoms with Crippen LogP contribution in [0.15, 0.2) is 33.9 Å². The number of aryl methyl sites for hydroxylation is 2. The second-order valence-electron chi connectivity index (χ2n) is 6.11. The summed E-state index contributed by atoms with van der Waals surface area (Å²) in [7, 11) is 1.66. The summed E-state index contributed by atoms with van der Waals surface area (Å²) in [5.74, 6) is -0.0825. The lowest BCUT2D eigenvalue weighted by atomic mass is 10.2. The summed E-state index contributed by atoms with van der Waals surface area (Å²) >= 11 is 2.15. The summed E-state index contributed by atoms with van der Waals surface area (Å²) in [6, 6.07) is 7.01. The Morgan fingerprint density at radius 3 is 2.63 bits per heavy atom. The van der Waals surface area contributed by atoms with Gasteiger partial charge < -0.3 is 9.30 Å². The number of benzene rings is 1. The van der Waals surface area contributed by atoms with Gasteiger partial charge in [0.25, 0.3) is 5.56 Å². The van der Waals surface area contributed by atoms with Crippen LogP contribution in [0.5, 0.6) is 0 Å². The SMILES string of the molecule is CCCCn1c(=O)[nH]c(=O)c2c1nc(COC(=O)c1ccc(I)cc1)n2C. The molecule has 8 nitrogen and oxygen atoms in total. The number of hydrogen-bond donors (Lipinski definition) is 1. The van der Waals surface area contributed by atoms with E-state index >= 15 is 0 Å². The largest absolute Gasteiger partial charge is 0.454 e. The normalized spacial score (nSPS) is 11.1. The quantitative estimate of drug-likeness (QED) is 0.429. The fraction of sp³-hybridized carbons (Fsp3) is 0.333. The van der Waals surface area contributed by atoms with Gasteiger partial charge in [0.15, 0.2) is 11.2 Å². The Balaban J connectivity index is 1.91. The zero-order valence-electron chi connectivity index (χ0n) is 15.0. The van der Waals surface area contributed by atoms with Gasteiger partial charge in [-0.25, -0.2) is 14.6 Å². The summed E-state index contributed by atoms with van der Waals surface area (Å²) in [5.41, 5.74) is 0.0346. The van der Waals surface area contributed by atoms with Crippen LogP contribution in [0, 0.1) is 3.57 Å². The number of carbonyl (C=O) groups is 1. The van der Waals surface area contributed by atoms with E-state index in [0.29, 0.717) is 23.6 Å². The van der Waals surface area contributed by atoms with Crippen LogP contribution in [-0.4, -0.2) is 25.1 Å². The number of carbonyl (C=O) groups excluding carboxylic acids is 1. The monoisotopic (exact) mass is 482 g/mol. The molecule has 0 aliphatic rings. The average molecular weight is 482 g/mol. The molecule has 2 aromatic heterocycles. The molecule has 2 heterocycles. The summed E-state index contributed by atoms with van der Waals surface area (Å²) < 4.78 is 9.35. The molecule has 9 heteroatoms. The van der Waals surface area contributed by atoms with Crippen molar-refractivity contribution >= 4 is 39.7 Å². The topological polar surface area (TPSA) is 99.0 Å². The highest BCUT2D eigenvalue weighted by molar-refractivity contribution is 14.1. The van der Waals surface area contributed by atoms with E-state index in [2.05, 4.69) is 32.6 Å². The molecule has 1 aromatic carbocycles. The van der Waals surface area contributed by atoms with Crippen molar-refractivity contribution in [1.29, 1.82) is 0 Å². The van der Waals surface area contributed by atoms with Gasteiger partial charge >= 0.3 is 11.7 Å². The van der Waals surface area contributed by atoms with Crippen LogP contribution in [0.2, 0.25) is 0 Å². The maximum Gasteiger partial charge on any atom is 0.338 e. The number of nitrogens with one attached hydrogen (secondary N) is 1. The first-order valence-electron chi connectivity index (χ1n) is 8.53. The van der Waals surface area contributed by atoms with E-state index in [9.17, 15) is 14.4 Å². The number of unbranched alkanes of at least 4 members (excludes halogenated alkanes) is 1. The molecule has 27 heavy (non-hydrogen) atoms. The predicted octanol–water partition coefficient (Wildman–Crippen LogP) is 2.19. The van der Waals surface area contributed by atoms with Crippen molar-refractivity contribution in [2.45, 2.75) is 32.9 Å². The second-order valence-corrected chi connectivity index (χ2v) is 7.35. The zero-order chi connectivity index (χ0) is 19.6. The van der Waals surface area contributed by atoms with Gasteiger partial charge in [0.2, 0.25) is 0 Å². The van der Waals surface area contributed by atoms with Gasteiger partial charge in [-0.3, -0.25) is 14.3 Å². The van der Waals surface area contributed by atoms with Gasteiger partial charge in [-0.05, 0) is 53.3 Å². The number of halogens is 1. The van der Waals surface area contributed by atoms with Crippen LogP contribution in [0.4, 0.5) is 0 Å². The highest BCUT2D eigenvalue weighted by atomic mass is 127. The van der Waals surface area contributed by atoms with E-state index in [1.807, 2.05) is 19.1 Å². The standard InChI is InChI=1S/C18H19IN4O4/c1-3-4-9-23-15-14(16(24)21-18(23)26)22(2)13(20-15)10-27-17(25)11-5-7-12(19)8-6-11/h5-8H,3-4,9-10H2,1-2H3,(H,21,24,26). The van der Waals surface area contributed by atoms with E-state index in [1.54, 1.807) is 23.7 Å². The number of nitrogens with zero attached hydrogens (tertiary/aromatic N) is 3. The van der Waals surface area contributed by atoms with Crippen LogP contribution in [0.1, 0.15) is 35.9 Å². The number of esters is 1. The lowest BCUT2D eigenvalue weighted by Crippen LogP contribution is -2.31. The molecule has 0 saturated heterocycles. The summed E-state index contributed by atoms with van der Waals surface area (Å²) in [4.78, 5) is 43.3. The number of ether oxygens (including phenoxy) is 1. The second kappa shape index (κ2) is 8.07. The average Bonchev–Trinajstić information content (AvgIpc) is 2.97. The van der Waals surface area contributed by atoms with Gasteiger partial charge in [-0.15, -0.1) is 0 Å². The van der Waals surface area contributed by atoms with Crippen LogP contribution >= 0.6 is 22.6 Å². The van der Waals surface area contributed by atoms with E-state index in [0.717, 1.165) is 16.4 Å². The number of hydrogen-bond acceptors (Lipinski definition) is 5. The molecule has 0 aliphatic carbocycles. The Hall–Kier alpha value is -2.43. The molecule has 0 bridgehead atoms. The zero-order valence-corrected chi connectivity index (χ0v) is 17.1. The molecule has 3 aromatic rings. The molecule has 0 radical (unpaired) electrons. The van der Waals surface area contributed by atoms with Crippen molar-refractivity contribution in [1.82, 2.24) is 19.1 Å². The minimum absolute atomic E-state index is 0.0998. The fourth-order valence-corrected chi connectivity index (χ4v) is 3.10. The van der Waals surface area contributed by atoms with Gasteiger partial charge in [-0.1, -0.05) is 13.3 Å². The van der Waals surface area contributed by atoms with Gasteiger partial charge in [0.05, 0.1) is 5.56 Å². The first kappa shape index (κ1) is 19.3. The number of fused-ring (bicyclic) bond motifs is 1. The molecule has 0 saturated carbocycles. The lowest BCUT2D eigenvalue weighted by Gasteiger charge is -2.05. The number of aromatic nitrogens is 4. The van der Waals surface area contributed by atoms with Crippen molar-refractivity contribution in [2.24, 2.45) is 7.05 Å². The Morgan fingerprint density at radius 2 is 1.96 bits per heavy atom. The van der Waals surface area contributed by atoms with Crippen molar-refractivity contribution in [3.05, 3.63) is 60.1 Å². The van der Waals surface area contributed by atoms with Crippen LogP contribution < -0.4 is 11.2 Å². The van der Waals surface area contributed by atoms with Crippen molar-refractivity contribution in [3.63, 3.8) is 0 Å². The molecule has 0 fully saturated rings. The Morgan fingerprint density at radius 1 is 1.26 bits per heavy atom. The maximum absolute atomic E-state index is 12.2. The molecule has 0 spiro atoms. The molecule has 0 amide bonds. The molecule has 3 rings (SSSR count).